The standard InChI is InChI=1S/C30H27F4N5O3S/c1-17-5-7-20(8-6-17)18(2)27-14-35-37-39(27)26-12-21(22-11-24(31)23(16-40)28(13-22)43(4,41)42)9-10-25(26)38-15-29(30(32,33)34)36-19(38)3/h5-15,18,40H,16H2,1-4H3. The minimum Gasteiger partial charge on any atom is -0.392 e. The molecule has 5 rings (SSSR count). The summed E-state index contributed by atoms with van der Waals surface area (Å²) in [5.41, 5.74) is 2.31. The van der Waals surface area contributed by atoms with Gasteiger partial charge in [-0.2, -0.15) is 13.2 Å². The molecule has 1 atom stereocenters. The van der Waals surface area contributed by atoms with Gasteiger partial charge in [-0.3, -0.25) is 0 Å². The van der Waals surface area contributed by atoms with E-state index in [0.717, 1.165) is 29.6 Å². The number of nitrogens with zero attached hydrogens (tertiary/aromatic N) is 5. The zero-order valence-corrected chi connectivity index (χ0v) is 24.4. The summed E-state index contributed by atoms with van der Waals surface area (Å²) in [4.78, 5) is 3.33. The molecule has 0 saturated heterocycles. The number of aromatic nitrogens is 5. The lowest BCUT2D eigenvalue weighted by molar-refractivity contribution is -0.141. The quantitative estimate of drug-likeness (QED) is 0.228. The number of hydrogen-bond donors (Lipinski definition) is 1. The summed E-state index contributed by atoms with van der Waals surface area (Å²) in [7, 11) is -3.92. The second-order valence-corrected chi connectivity index (χ2v) is 12.3. The lowest BCUT2D eigenvalue weighted by Gasteiger charge is -2.19. The summed E-state index contributed by atoms with van der Waals surface area (Å²) in [5, 5.41) is 18.0. The van der Waals surface area contributed by atoms with E-state index in [2.05, 4.69) is 15.3 Å². The topological polar surface area (TPSA) is 103 Å². The molecule has 0 bridgehead atoms. The van der Waals surface area contributed by atoms with Crippen LogP contribution in [0.5, 0.6) is 0 Å². The molecule has 2 heterocycles. The molecule has 13 heteroatoms. The van der Waals surface area contributed by atoms with E-state index in [1.165, 1.54) is 34.4 Å². The van der Waals surface area contributed by atoms with Crippen molar-refractivity contribution in [3.63, 3.8) is 0 Å². The number of benzene rings is 3. The van der Waals surface area contributed by atoms with E-state index in [1.807, 2.05) is 38.1 Å². The van der Waals surface area contributed by atoms with Crippen LogP contribution in [-0.2, 0) is 22.6 Å². The van der Waals surface area contributed by atoms with Gasteiger partial charge in [-0.15, -0.1) is 5.10 Å². The van der Waals surface area contributed by atoms with Crippen LogP contribution in [0, 0.1) is 19.7 Å². The number of sulfone groups is 1. The van der Waals surface area contributed by atoms with Crippen molar-refractivity contribution < 1.29 is 31.1 Å². The molecule has 0 amide bonds. The maximum absolute atomic E-state index is 15.0. The molecular weight excluding hydrogens is 586 g/mol. The van der Waals surface area contributed by atoms with Gasteiger partial charge in [-0.05, 0) is 54.8 Å². The van der Waals surface area contributed by atoms with E-state index in [-0.39, 0.29) is 33.5 Å². The molecule has 0 aliphatic heterocycles. The fourth-order valence-electron chi connectivity index (χ4n) is 4.94. The van der Waals surface area contributed by atoms with Crippen LogP contribution in [0.1, 0.15) is 46.7 Å². The van der Waals surface area contributed by atoms with Crippen molar-refractivity contribution in [3.8, 4) is 22.5 Å². The Balaban J connectivity index is 1.75. The van der Waals surface area contributed by atoms with Crippen molar-refractivity contribution in [1.82, 2.24) is 24.5 Å². The first-order valence-corrected chi connectivity index (χ1v) is 15.0. The summed E-state index contributed by atoms with van der Waals surface area (Å²) in [5.74, 6) is -1.09. The predicted octanol–water partition coefficient (Wildman–Crippen LogP) is 5.94. The zero-order chi connectivity index (χ0) is 31.3. The Kier molecular flexibility index (Phi) is 7.73. The lowest BCUT2D eigenvalue weighted by Crippen LogP contribution is -2.11. The average Bonchev–Trinajstić information content (AvgIpc) is 3.59. The maximum atomic E-state index is 15.0. The zero-order valence-electron chi connectivity index (χ0n) is 23.6. The number of hydrogen-bond acceptors (Lipinski definition) is 6. The third-order valence-corrected chi connectivity index (χ3v) is 8.44. The molecule has 0 fully saturated rings. The highest BCUT2D eigenvalue weighted by atomic mass is 32.2. The first-order chi connectivity index (χ1) is 20.2. The second-order valence-electron chi connectivity index (χ2n) is 10.3. The fourth-order valence-corrected chi connectivity index (χ4v) is 5.89. The molecule has 0 aliphatic rings. The van der Waals surface area contributed by atoms with Crippen molar-refractivity contribution in [2.75, 3.05) is 6.26 Å². The number of alkyl halides is 3. The Morgan fingerprint density at radius 1 is 0.977 bits per heavy atom. The first-order valence-electron chi connectivity index (χ1n) is 13.1. The van der Waals surface area contributed by atoms with Crippen LogP contribution >= 0.6 is 0 Å². The van der Waals surface area contributed by atoms with Gasteiger partial charge in [-0.1, -0.05) is 48.0 Å². The smallest absolute Gasteiger partial charge is 0.392 e. The summed E-state index contributed by atoms with van der Waals surface area (Å²) >= 11 is 0. The third kappa shape index (κ3) is 5.82. The van der Waals surface area contributed by atoms with E-state index >= 15 is 4.39 Å². The highest BCUT2D eigenvalue weighted by Gasteiger charge is 2.35. The van der Waals surface area contributed by atoms with Crippen molar-refractivity contribution in [2.45, 2.75) is 44.4 Å². The summed E-state index contributed by atoms with van der Waals surface area (Å²) < 4.78 is 83.4. The van der Waals surface area contributed by atoms with E-state index < -0.39 is 34.1 Å². The summed E-state index contributed by atoms with van der Waals surface area (Å²) in [6.45, 7) is 4.52. The first kappa shape index (κ1) is 30.1. The number of imidazole rings is 1. The molecule has 0 aliphatic carbocycles. The Morgan fingerprint density at radius 2 is 1.67 bits per heavy atom. The molecule has 224 valence electrons. The maximum Gasteiger partial charge on any atom is 0.434 e. The van der Waals surface area contributed by atoms with Gasteiger partial charge in [0.2, 0.25) is 0 Å². The molecule has 8 nitrogen and oxygen atoms in total. The van der Waals surface area contributed by atoms with E-state index in [4.69, 9.17) is 0 Å². The fraction of sp³-hybridized carbons (Fsp3) is 0.233. The molecule has 0 radical (unpaired) electrons. The van der Waals surface area contributed by atoms with Crippen LogP contribution in [0.25, 0.3) is 22.5 Å². The Bertz CT molecular complexity index is 1930. The number of rotatable bonds is 7. The van der Waals surface area contributed by atoms with Gasteiger partial charge in [0.1, 0.15) is 11.6 Å². The van der Waals surface area contributed by atoms with E-state index in [9.17, 15) is 26.7 Å². The SMILES string of the molecule is Cc1ccc(C(C)c2cnnn2-c2cc(-c3cc(F)c(CO)c(S(C)(=O)=O)c3)ccc2-n2cc(C(F)(F)F)nc2C)cc1. The van der Waals surface area contributed by atoms with Crippen LogP contribution in [0.3, 0.4) is 0 Å². The number of aliphatic hydroxyl groups excluding tert-OH is 1. The number of aliphatic hydroxyl groups is 1. The molecule has 43 heavy (non-hydrogen) atoms. The van der Waals surface area contributed by atoms with Crippen molar-refractivity contribution in [3.05, 3.63) is 107 Å². The number of aryl methyl sites for hydroxylation is 2. The van der Waals surface area contributed by atoms with Crippen LogP contribution in [-0.4, -0.2) is 44.3 Å². The Morgan fingerprint density at radius 3 is 2.28 bits per heavy atom. The lowest BCUT2D eigenvalue weighted by atomic mass is 9.96. The Labute approximate surface area is 245 Å². The molecule has 0 spiro atoms. The normalized spacial score (nSPS) is 13.0. The molecule has 5 aromatic rings. The minimum absolute atomic E-state index is 0.0623. The largest absolute Gasteiger partial charge is 0.434 e. The molecule has 2 aromatic heterocycles. The molecule has 1 unspecified atom stereocenters. The molecule has 3 aromatic carbocycles. The molecular formula is C30H27F4N5O3S. The third-order valence-electron chi connectivity index (χ3n) is 7.28. The highest BCUT2D eigenvalue weighted by molar-refractivity contribution is 7.90. The van der Waals surface area contributed by atoms with Gasteiger partial charge in [0.15, 0.2) is 15.5 Å². The average molecular weight is 614 g/mol. The number of halogens is 4. The van der Waals surface area contributed by atoms with Crippen molar-refractivity contribution in [2.24, 2.45) is 0 Å². The van der Waals surface area contributed by atoms with Gasteiger partial charge in [0, 0.05) is 23.9 Å². The Hall–Kier alpha value is -4.36. The van der Waals surface area contributed by atoms with E-state index in [1.54, 1.807) is 12.3 Å². The van der Waals surface area contributed by atoms with Crippen molar-refractivity contribution in [1.29, 1.82) is 0 Å². The second kappa shape index (κ2) is 11.0. The monoisotopic (exact) mass is 613 g/mol. The van der Waals surface area contributed by atoms with Gasteiger partial charge < -0.3 is 9.67 Å². The molecule has 0 saturated carbocycles. The van der Waals surface area contributed by atoms with Gasteiger partial charge in [0.25, 0.3) is 0 Å². The minimum atomic E-state index is -4.68. The summed E-state index contributed by atoms with van der Waals surface area (Å²) in [6.07, 6.45) is -1.33. The predicted molar refractivity (Wildman–Crippen MR) is 151 cm³/mol. The van der Waals surface area contributed by atoms with Gasteiger partial charge >= 0.3 is 6.18 Å². The molecule has 1 N–H and O–H groups in total. The van der Waals surface area contributed by atoms with Crippen LogP contribution < -0.4 is 0 Å². The van der Waals surface area contributed by atoms with Crippen LogP contribution in [0.15, 0.2) is 71.9 Å². The van der Waals surface area contributed by atoms with Crippen molar-refractivity contribution >= 4 is 9.84 Å². The summed E-state index contributed by atoms with van der Waals surface area (Å²) in [6, 6.07) is 14.8. The van der Waals surface area contributed by atoms with Gasteiger partial charge in [0.05, 0.1) is 34.8 Å². The van der Waals surface area contributed by atoms with E-state index in [0.29, 0.717) is 16.9 Å². The van der Waals surface area contributed by atoms with Gasteiger partial charge in [-0.25, -0.2) is 22.5 Å². The van der Waals surface area contributed by atoms with Crippen LogP contribution in [0.4, 0.5) is 17.6 Å². The van der Waals surface area contributed by atoms with Crippen LogP contribution in [0.2, 0.25) is 0 Å². The highest BCUT2D eigenvalue weighted by Crippen LogP contribution is 2.35.